The Morgan fingerprint density at radius 2 is 1.87 bits per heavy atom. The minimum atomic E-state index is 0.439. The zero-order chi connectivity index (χ0) is 11.1. The molecule has 2 heteroatoms. The van der Waals surface area contributed by atoms with E-state index in [0.29, 0.717) is 18.5 Å². The molecule has 84 valence electrons. The van der Waals surface area contributed by atoms with Crippen molar-refractivity contribution in [1.29, 1.82) is 0 Å². The normalized spacial score (nSPS) is 13.1. The molecule has 1 aromatic carbocycles. The maximum absolute atomic E-state index is 5.69. The van der Waals surface area contributed by atoms with Crippen LogP contribution < -0.4 is 11.1 Å². The Hall–Kier alpha value is -0.860. The van der Waals surface area contributed by atoms with E-state index >= 15 is 0 Å². The van der Waals surface area contributed by atoms with Crippen molar-refractivity contribution < 1.29 is 0 Å². The number of nitrogens with two attached hydrogens (primary N) is 1. The fourth-order valence-corrected chi connectivity index (χ4v) is 1.64. The van der Waals surface area contributed by atoms with Gasteiger partial charge < -0.3 is 11.1 Å². The fraction of sp³-hybridized carbons (Fsp3) is 0.538. The van der Waals surface area contributed by atoms with Crippen LogP contribution >= 0.6 is 0 Å². The van der Waals surface area contributed by atoms with Gasteiger partial charge in [0.25, 0.3) is 0 Å². The standard InChI is InChI=1S/C13H22N2/c1-11(2)13(10-14)15-9-8-12-6-4-3-5-7-12/h3-7,11,13,15H,8-10,14H2,1-2H3. The van der Waals surface area contributed by atoms with Gasteiger partial charge in [-0.25, -0.2) is 0 Å². The summed E-state index contributed by atoms with van der Waals surface area (Å²) in [6, 6.07) is 11.0. The van der Waals surface area contributed by atoms with Crippen LogP contribution in [0.1, 0.15) is 19.4 Å². The van der Waals surface area contributed by atoms with Gasteiger partial charge in [-0.15, -0.1) is 0 Å². The summed E-state index contributed by atoms with van der Waals surface area (Å²) in [5, 5.41) is 3.49. The quantitative estimate of drug-likeness (QED) is 0.745. The van der Waals surface area contributed by atoms with Crippen molar-refractivity contribution in [3.8, 4) is 0 Å². The highest BCUT2D eigenvalue weighted by atomic mass is 14.9. The molecule has 0 aliphatic carbocycles. The predicted molar refractivity (Wildman–Crippen MR) is 65.8 cm³/mol. The predicted octanol–water partition coefficient (Wildman–Crippen LogP) is 1.80. The monoisotopic (exact) mass is 206 g/mol. The number of benzene rings is 1. The molecular weight excluding hydrogens is 184 g/mol. The molecule has 0 saturated heterocycles. The van der Waals surface area contributed by atoms with Crippen molar-refractivity contribution in [2.45, 2.75) is 26.3 Å². The van der Waals surface area contributed by atoms with Crippen LogP contribution in [0.25, 0.3) is 0 Å². The average molecular weight is 206 g/mol. The topological polar surface area (TPSA) is 38.0 Å². The summed E-state index contributed by atoms with van der Waals surface area (Å²) in [4.78, 5) is 0. The van der Waals surface area contributed by atoms with Crippen molar-refractivity contribution in [3.63, 3.8) is 0 Å². The SMILES string of the molecule is CC(C)C(CN)NCCc1ccccc1. The Bertz CT molecular complexity index is 256. The molecular formula is C13H22N2. The van der Waals surface area contributed by atoms with E-state index < -0.39 is 0 Å². The van der Waals surface area contributed by atoms with E-state index in [0.717, 1.165) is 13.0 Å². The van der Waals surface area contributed by atoms with Crippen LogP contribution in [0, 0.1) is 5.92 Å². The number of rotatable bonds is 6. The second-order valence-electron chi connectivity index (χ2n) is 4.28. The van der Waals surface area contributed by atoms with Gasteiger partial charge in [-0.1, -0.05) is 44.2 Å². The molecule has 0 aliphatic heterocycles. The van der Waals surface area contributed by atoms with Crippen LogP contribution in [0.2, 0.25) is 0 Å². The molecule has 1 unspecified atom stereocenters. The Kier molecular flexibility index (Phi) is 5.37. The number of hydrogen-bond acceptors (Lipinski definition) is 2. The summed E-state index contributed by atoms with van der Waals surface area (Å²) >= 11 is 0. The summed E-state index contributed by atoms with van der Waals surface area (Å²) in [7, 11) is 0. The summed E-state index contributed by atoms with van der Waals surface area (Å²) < 4.78 is 0. The zero-order valence-corrected chi connectivity index (χ0v) is 9.74. The van der Waals surface area contributed by atoms with E-state index in [1.165, 1.54) is 5.56 Å². The lowest BCUT2D eigenvalue weighted by atomic mass is 10.0. The molecule has 0 aliphatic rings. The molecule has 0 fully saturated rings. The van der Waals surface area contributed by atoms with Gasteiger partial charge >= 0.3 is 0 Å². The molecule has 15 heavy (non-hydrogen) atoms. The Balaban J connectivity index is 2.27. The van der Waals surface area contributed by atoms with Gasteiger partial charge in [0.2, 0.25) is 0 Å². The zero-order valence-electron chi connectivity index (χ0n) is 9.74. The molecule has 3 N–H and O–H groups in total. The van der Waals surface area contributed by atoms with Crippen molar-refractivity contribution >= 4 is 0 Å². The van der Waals surface area contributed by atoms with Crippen LogP contribution in [0.3, 0.4) is 0 Å². The van der Waals surface area contributed by atoms with E-state index in [-0.39, 0.29) is 0 Å². The van der Waals surface area contributed by atoms with Gasteiger partial charge in [0, 0.05) is 12.6 Å². The number of nitrogens with one attached hydrogen (secondary N) is 1. The first-order valence-electron chi connectivity index (χ1n) is 5.71. The molecule has 0 heterocycles. The molecule has 1 atom stereocenters. The molecule has 1 rings (SSSR count). The van der Waals surface area contributed by atoms with Crippen molar-refractivity contribution in [2.24, 2.45) is 11.7 Å². The minimum Gasteiger partial charge on any atom is -0.329 e. The van der Waals surface area contributed by atoms with Gasteiger partial charge in [-0.3, -0.25) is 0 Å². The smallest absolute Gasteiger partial charge is 0.0213 e. The van der Waals surface area contributed by atoms with Crippen LogP contribution in [0.4, 0.5) is 0 Å². The third-order valence-electron chi connectivity index (χ3n) is 2.72. The largest absolute Gasteiger partial charge is 0.329 e. The molecule has 0 aromatic heterocycles. The average Bonchev–Trinajstić information content (AvgIpc) is 2.25. The van der Waals surface area contributed by atoms with Gasteiger partial charge in [-0.2, -0.15) is 0 Å². The van der Waals surface area contributed by atoms with Crippen LogP contribution in [-0.2, 0) is 6.42 Å². The molecule has 0 amide bonds. The highest BCUT2D eigenvalue weighted by Gasteiger charge is 2.09. The van der Waals surface area contributed by atoms with Gasteiger partial charge in [0.1, 0.15) is 0 Å². The maximum Gasteiger partial charge on any atom is 0.0213 e. The van der Waals surface area contributed by atoms with E-state index in [9.17, 15) is 0 Å². The van der Waals surface area contributed by atoms with Crippen LogP contribution in [0.15, 0.2) is 30.3 Å². The Labute approximate surface area is 92.9 Å². The van der Waals surface area contributed by atoms with E-state index in [2.05, 4.69) is 43.4 Å². The summed E-state index contributed by atoms with van der Waals surface area (Å²) in [5.41, 5.74) is 7.07. The maximum atomic E-state index is 5.69. The third kappa shape index (κ3) is 4.45. The lowest BCUT2D eigenvalue weighted by Crippen LogP contribution is -2.41. The summed E-state index contributed by atoms with van der Waals surface area (Å²) in [5.74, 6) is 0.603. The van der Waals surface area contributed by atoms with Crippen LogP contribution in [0.5, 0.6) is 0 Å². The highest BCUT2D eigenvalue weighted by molar-refractivity contribution is 5.14. The molecule has 0 saturated carbocycles. The minimum absolute atomic E-state index is 0.439. The third-order valence-corrected chi connectivity index (χ3v) is 2.72. The molecule has 1 aromatic rings. The molecule has 0 bridgehead atoms. The van der Waals surface area contributed by atoms with Crippen molar-refractivity contribution in [1.82, 2.24) is 5.32 Å². The lowest BCUT2D eigenvalue weighted by molar-refractivity contribution is 0.409. The van der Waals surface area contributed by atoms with Gasteiger partial charge in [0.15, 0.2) is 0 Å². The highest BCUT2D eigenvalue weighted by Crippen LogP contribution is 2.01. The number of hydrogen-bond donors (Lipinski definition) is 2. The second kappa shape index (κ2) is 6.59. The Morgan fingerprint density at radius 1 is 1.20 bits per heavy atom. The molecule has 2 nitrogen and oxygen atoms in total. The van der Waals surface area contributed by atoms with Gasteiger partial charge in [0.05, 0.1) is 0 Å². The van der Waals surface area contributed by atoms with E-state index in [1.54, 1.807) is 0 Å². The molecule has 0 radical (unpaired) electrons. The second-order valence-corrected chi connectivity index (χ2v) is 4.28. The Morgan fingerprint density at radius 3 is 2.40 bits per heavy atom. The van der Waals surface area contributed by atoms with E-state index in [4.69, 9.17) is 5.73 Å². The van der Waals surface area contributed by atoms with Gasteiger partial charge in [-0.05, 0) is 24.4 Å². The van der Waals surface area contributed by atoms with Crippen LogP contribution in [-0.4, -0.2) is 19.1 Å². The first kappa shape index (κ1) is 12.2. The first-order valence-corrected chi connectivity index (χ1v) is 5.71. The van der Waals surface area contributed by atoms with Crippen molar-refractivity contribution in [2.75, 3.05) is 13.1 Å². The first-order chi connectivity index (χ1) is 7.24. The summed E-state index contributed by atoms with van der Waals surface area (Å²) in [6.45, 7) is 6.12. The summed E-state index contributed by atoms with van der Waals surface area (Å²) in [6.07, 6.45) is 1.07. The lowest BCUT2D eigenvalue weighted by Gasteiger charge is -2.20. The molecule has 0 spiro atoms. The van der Waals surface area contributed by atoms with E-state index in [1.807, 2.05) is 6.07 Å². The fourth-order valence-electron chi connectivity index (χ4n) is 1.64. The van der Waals surface area contributed by atoms with Crippen molar-refractivity contribution in [3.05, 3.63) is 35.9 Å².